The van der Waals surface area contributed by atoms with Crippen molar-refractivity contribution in [3.05, 3.63) is 317 Å². The molecule has 3 aliphatic rings. The van der Waals surface area contributed by atoms with E-state index in [1.807, 2.05) is 0 Å². The molecular weight excluding hydrogens is 831 g/mol. The number of hydrogen-bond donors (Lipinski definition) is 0. The van der Waals surface area contributed by atoms with Crippen LogP contribution in [0.2, 0.25) is 0 Å². The summed E-state index contributed by atoms with van der Waals surface area (Å²) in [5, 5.41) is 0. The number of nitrogens with zero attached hydrogens (tertiary/aromatic N) is 1. The fourth-order valence-electron chi connectivity index (χ4n) is 12.6. The van der Waals surface area contributed by atoms with E-state index in [4.69, 9.17) is 0 Å². The Balaban J connectivity index is 1.04. The summed E-state index contributed by atoms with van der Waals surface area (Å²) in [5.41, 5.74) is 25.1. The molecule has 0 radical (unpaired) electrons. The lowest BCUT2D eigenvalue weighted by Crippen LogP contribution is -2.28. The van der Waals surface area contributed by atoms with E-state index in [0.29, 0.717) is 0 Å². The SMILES string of the molecule is c1ccc(-c2ccc(-c3ccccc3N(c3ccc4c(c3)C(c3ccccc3)(c3ccccc3)c3ccccc3-4)c3ccc4c(c3)C3(c5ccccc5-c5ccccc53)c3ccccc3-4)cc2)cc1. The molecule has 0 bridgehead atoms. The van der Waals surface area contributed by atoms with Crippen molar-refractivity contribution in [2.75, 3.05) is 4.90 Å². The molecule has 1 nitrogen and oxygen atoms in total. The van der Waals surface area contributed by atoms with Gasteiger partial charge in [0.15, 0.2) is 0 Å². The average Bonchev–Trinajstić information content (AvgIpc) is 4.02. The third kappa shape index (κ3) is 5.59. The number of fused-ring (bicyclic) bond motifs is 13. The molecule has 11 aromatic rings. The Hall–Kier alpha value is -8.78. The summed E-state index contributed by atoms with van der Waals surface area (Å²) in [6, 6.07) is 102. The highest BCUT2D eigenvalue weighted by atomic mass is 15.1. The summed E-state index contributed by atoms with van der Waals surface area (Å²) < 4.78 is 0. The van der Waals surface area contributed by atoms with E-state index < -0.39 is 10.8 Å². The van der Waals surface area contributed by atoms with Crippen molar-refractivity contribution in [2.45, 2.75) is 10.8 Å². The molecule has 0 aromatic heterocycles. The van der Waals surface area contributed by atoms with Crippen LogP contribution in [0.3, 0.4) is 0 Å². The normalized spacial score (nSPS) is 13.7. The maximum absolute atomic E-state index is 2.54. The second-order valence-corrected chi connectivity index (χ2v) is 18.7. The van der Waals surface area contributed by atoms with E-state index in [2.05, 4.69) is 278 Å². The molecule has 14 rings (SSSR count). The minimum Gasteiger partial charge on any atom is -0.310 e. The van der Waals surface area contributed by atoms with E-state index in [-0.39, 0.29) is 0 Å². The molecule has 0 amide bonds. The highest BCUT2D eigenvalue weighted by Crippen LogP contribution is 2.64. The van der Waals surface area contributed by atoms with Gasteiger partial charge in [-0.05, 0) is 125 Å². The molecule has 0 unspecified atom stereocenters. The van der Waals surface area contributed by atoms with Gasteiger partial charge in [0.2, 0.25) is 0 Å². The first kappa shape index (κ1) is 39.4. The molecule has 69 heavy (non-hydrogen) atoms. The first-order valence-electron chi connectivity index (χ1n) is 24.1. The fourth-order valence-corrected chi connectivity index (χ4v) is 12.6. The molecule has 0 saturated heterocycles. The quantitative estimate of drug-likeness (QED) is 0.154. The molecule has 11 aromatic carbocycles. The predicted octanol–water partition coefficient (Wildman–Crippen LogP) is 17.2. The van der Waals surface area contributed by atoms with Crippen LogP contribution in [0.1, 0.15) is 44.5 Å². The monoisotopic (exact) mass is 875 g/mol. The van der Waals surface area contributed by atoms with Gasteiger partial charge in [-0.2, -0.15) is 0 Å². The van der Waals surface area contributed by atoms with E-state index in [1.165, 1.54) is 89.0 Å². The zero-order valence-corrected chi connectivity index (χ0v) is 37.9. The summed E-state index contributed by atoms with van der Waals surface area (Å²) in [6.07, 6.45) is 0. The fraction of sp³-hybridized carbons (Fsp3) is 0.0294. The second kappa shape index (κ2) is 15.4. The molecule has 0 N–H and O–H groups in total. The van der Waals surface area contributed by atoms with Gasteiger partial charge in [0, 0.05) is 16.9 Å². The highest BCUT2D eigenvalue weighted by Gasteiger charge is 2.52. The third-order valence-corrected chi connectivity index (χ3v) is 15.4. The first-order valence-corrected chi connectivity index (χ1v) is 24.1. The maximum Gasteiger partial charge on any atom is 0.0726 e. The van der Waals surface area contributed by atoms with Gasteiger partial charge >= 0.3 is 0 Å². The van der Waals surface area contributed by atoms with Crippen molar-refractivity contribution < 1.29 is 0 Å². The third-order valence-electron chi connectivity index (χ3n) is 15.4. The van der Waals surface area contributed by atoms with Gasteiger partial charge in [-0.3, -0.25) is 0 Å². The van der Waals surface area contributed by atoms with E-state index in [9.17, 15) is 0 Å². The Morgan fingerprint density at radius 1 is 0.217 bits per heavy atom. The molecule has 1 heteroatoms. The molecule has 0 heterocycles. The lowest BCUT2D eigenvalue weighted by atomic mass is 9.67. The lowest BCUT2D eigenvalue weighted by Gasteiger charge is -2.35. The number of hydrogen-bond acceptors (Lipinski definition) is 1. The Morgan fingerprint density at radius 2 is 0.551 bits per heavy atom. The zero-order valence-electron chi connectivity index (χ0n) is 37.9. The van der Waals surface area contributed by atoms with Gasteiger partial charge < -0.3 is 4.90 Å². The average molecular weight is 876 g/mol. The van der Waals surface area contributed by atoms with E-state index in [0.717, 1.165) is 28.2 Å². The number of anilines is 3. The largest absolute Gasteiger partial charge is 0.310 e. The molecule has 3 aliphatic carbocycles. The predicted molar refractivity (Wildman–Crippen MR) is 286 cm³/mol. The molecule has 322 valence electrons. The van der Waals surface area contributed by atoms with Crippen LogP contribution in [0.5, 0.6) is 0 Å². The van der Waals surface area contributed by atoms with Gasteiger partial charge in [-0.1, -0.05) is 243 Å². The van der Waals surface area contributed by atoms with Crippen LogP contribution in [0.25, 0.3) is 55.6 Å². The van der Waals surface area contributed by atoms with Crippen molar-refractivity contribution in [2.24, 2.45) is 0 Å². The minimum absolute atomic E-state index is 0.483. The first-order chi connectivity index (χ1) is 34.2. The van der Waals surface area contributed by atoms with Gasteiger partial charge in [0.1, 0.15) is 0 Å². The number of para-hydroxylation sites is 1. The summed E-state index contributed by atoms with van der Waals surface area (Å²) >= 11 is 0. The highest BCUT2D eigenvalue weighted by molar-refractivity contribution is 5.98. The Morgan fingerprint density at radius 3 is 1.03 bits per heavy atom. The van der Waals surface area contributed by atoms with Crippen LogP contribution in [0.4, 0.5) is 17.1 Å². The second-order valence-electron chi connectivity index (χ2n) is 18.7. The van der Waals surface area contributed by atoms with Crippen molar-refractivity contribution >= 4 is 17.1 Å². The van der Waals surface area contributed by atoms with Crippen molar-refractivity contribution in [1.82, 2.24) is 0 Å². The molecular formula is C68H45N. The van der Waals surface area contributed by atoms with Crippen LogP contribution in [0.15, 0.2) is 273 Å². The van der Waals surface area contributed by atoms with Crippen molar-refractivity contribution in [1.29, 1.82) is 0 Å². The minimum atomic E-state index is -0.552. The number of rotatable bonds is 7. The van der Waals surface area contributed by atoms with Crippen LogP contribution in [0, 0.1) is 0 Å². The smallest absolute Gasteiger partial charge is 0.0726 e. The Labute approximate surface area is 403 Å². The molecule has 0 fully saturated rings. The van der Waals surface area contributed by atoms with Gasteiger partial charge in [-0.25, -0.2) is 0 Å². The van der Waals surface area contributed by atoms with E-state index in [1.54, 1.807) is 0 Å². The topological polar surface area (TPSA) is 3.24 Å². The van der Waals surface area contributed by atoms with E-state index >= 15 is 0 Å². The van der Waals surface area contributed by atoms with Gasteiger partial charge in [0.05, 0.1) is 16.5 Å². The maximum atomic E-state index is 2.54. The van der Waals surface area contributed by atoms with Crippen LogP contribution in [-0.4, -0.2) is 0 Å². The summed E-state index contributed by atoms with van der Waals surface area (Å²) in [4.78, 5) is 2.54. The summed E-state index contributed by atoms with van der Waals surface area (Å²) in [5.74, 6) is 0. The molecule has 1 spiro atoms. The summed E-state index contributed by atoms with van der Waals surface area (Å²) in [6.45, 7) is 0. The molecule has 0 aliphatic heterocycles. The van der Waals surface area contributed by atoms with Crippen molar-refractivity contribution in [3.8, 4) is 55.6 Å². The van der Waals surface area contributed by atoms with Crippen LogP contribution < -0.4 is 4.90 Å². The van der Waals surface area contributed by atoms with Gasteiger partial charge in [-0.15, -0.1) is 0 Å². The lowest BCUT2D eigenvalue weighted by molar-refractivity contribution is 0.768. The molecule has 0 saturated carbocycles. The van der Waals surface area contributed by atoms with Crippen LogP contribution >= 0.6 is 0 Å². The zero-order chi connectivity index (χ0) is 45.5. The van der Waals surface area contributed by atoms with Crippen molar-refractivity contribution in [3.63, 3.8) is 0 Å². The standard InChI is InChI=1S/C68H45N/c1-4-20-46(21-5-1)47-36-38-48(39-37-47)53-26-14-19-35-66(53)69(51-40-42-58-56-29-10-15-31-60(56)67(64(58)44-51,49-22-6-2-7-23-49)50-24-8-3-9-25-50)52-41-43-59-57-30-13-18-34-63(57)68(65(59)45-52)61-32-16-11-27-54(61)55-28-12-17-33-62(55)68/h1-45H. The van der Waals surface area contributed by atoms with Crippen LogP contribution in [-0.2, 0) is 10.8 Å². The summed E-state index contributed by atoms with van der Waals surface area (Å²) in [7, 11) is 0. The van der Waals surface area contributed by atoms with Gasteiger partial charge in [0.25, 0.3) is 0 Å². The molecule has 0 atom stereocenters. The Bertz CT molecular complexity index is 3570. The Kier molecular flexibility index (Phi) is 8.78. The number of benzene rings is 11.